The Kier molecular flexibility index (Phi) is 5.60. The highest BCUT2D eigenvalue weighted by molar-refractivity contribution is 5.75. The van der Waals surface area contributed by atoms with E-state index in [-0.39, 0.29) is 17.9 Å². The van der Waals surface area contributed by atoms with E-state index in [1.54, 1.807) is 0 Å². The lowest BCUT2D eigenvalue weighted by atomic mass is 9.46. The zero-order valence-electron chi connectivity index (χ0n) is 15.1. The Morgan fingerprint density at radius 1 is 1.35 bits per heavy atom. The maximum Gasteiger partial charge on any atom is 0.309 e. The smallest absolute Gasteiger partial charge is 0.309 e. The topological polar surface area (TPSA) is 57.5 Å². The summed E-state index contributed by atoms with van der Waals surface area (Å²) in [5.74, 6) is 0.589. The van der Waals surface area contributed by atoms with E-state index in [4.69, 9.17) is 5.11 Å². The van der Waals surface area contributed by atoms with Crippen LogP contribution < -0.4 is 0 Å². The average molecular weight is 322 g/mol. The monoisotopic (exact) mass is 322 g/mol. The Labute approximate surface area is 141 Å². The second kappa shape index (κ2) is 6.96. The number of fused-ring (bicyclic) bond motifs is 1. The van der Waals surface area contributed by atoms with Gasteiger partial charge in [-0.15, -0.1) is 0 Å². The number of aliphatic hydroxyl groups excluding tert-OH is 1. The van der Waals surface area contributed by atoms with Gasteiger partial charge >= 0.3 is 5.97 Å². The standard InChI is InChI=1S/C20H34O3/c1-14(10-13-21)6-8-16-15(2)7-9-17-19(16,3)11-5-12-20(17,4)18(22)23/h14,16-17,21H,2,5-13H2,1,3-4H3,(H,22,23). The van der Waals surface area contributed by atoms with Gasteiger partial charge in [0.1, 0.15) is 0 Å². The van der Waals surface area contributed by atoms with Crippen LogP contribution in [0.5, 0.6) is 0 Å². The summed E-state index contributed by atoms with van der Waals surface area (Å²) in [4.78, 5) is 12.0. The maximum atomic E-state index is 12.0. The maximum absolute atomic E-state index is 12.0. The van der Waals surface area contributed by atoms with Crippen molar-refractivity contribution in [3.05, 3.63) is 12.2 Å². The van der Waals surface area contributed by atoms with Gasteiger partial charge < -0.3 is 10.2 Å². The van der Waals surface area contributed by atoms with Crippen LogP contribution in [0.1, 0.15) is 72.1 Å². The third-order valence-electron chi connectivity index (χ3n) is 7.08. The van der Waals surface area contributed by atoms with Crippen molar-refractivity contribution in [2.45, 2.75) is 72.1 Å². The fraction of sp³-hybridized carbons (Fsp3) is 0.850. The molecule has 2 aliphatic carbocycles. The quantitative estimate of drug-likeness (QED) is 0.700. The van der Waals surface area contributed by atoms with E-state index in [1.165, 1.54) is 5.57 Å². The van der Waals surface area contributed by atoms with Crippen LogP contribution in [0.4, 0.5) is 0 Å². The molecule has 0 aliphatic heterocycles. The van der Waals surface area contributed by atoms with Gasteiger partial charge in [0.2, 0.25) is 0 Å². The largest absolute Gasteiger partial charge is 0.481 e. The normalized spacial score (nSPS) is 38.9. The summed E-state index contributed by atoms with van der Waals surface area (Å²) in [6.45, 7) is 11.1. The van der Waals surface area contributed by atoms with E-state index in [0.29, 0.717) is 11.8 Å². The van der Waals surface area contributed by atoms with Crippen LogP contribution in [0.2, 0.25) is 0 Å². The molecule has 0 aromatic carbocycles. The minimum absolute atomic E-state index is 0.0691. The SMILES string of the molecule is C=C1CCC2C(C)(C(=O)O)CCCC2(C)C1CCC(C)CCO. The molecule has 2 saturated carbocycles. The number of carboxylic acid groups (broad SMARTS) is 1. The van der Waals surface area contributed by atoms with E-state index in [1.807, 2.05) is 6.92 Å². The molecule has 3 nitrogen and oxygen atoms in total. The zero-order valence-corrected chi connectivity index (χ0v) is 15.1. The first-order valence-corrected chi connectivity index (χ1v) is 9.27. The first kappa shape index (κ1) is 18.5. The van der Waals surface area contributed by atoms with Crippen molar-refractivity contribution in [3.8, 4) is 0 Å². The van der Waals surface area contributed by atoms with E-state index in [2.05, 4.69) is 20.4 Å². The summed E-state index contributed by atoms with van der Waals surface area (Å²) in [6.07, 6.45) is 7.92. The molecule has 0 spiro atoms. The lowest BCUT2D eigenvalue weighted by molar-refractivity contribution is -0.164. The highest BCUT2D eigenvalue weighted by Crippen LogP contribution is 2.62. The zero-order chi connectivity index (χ0) is 17.3. The molecule has 5 atom stereocenters. The molecule has 0 amide bonds. The predicted octanol–water partition coefficient (Wildman–Crippen LogP) is 4.65. The minimum atomic E-state index is -0.617. The van der Waals surface area contributed by atoms with Gasteiger partial charge in [-0.25, -0.2) is 0 Å². The molecule has 0 aromatic rings. The van der Waals surface area contributed by atoms with Crippen LogP contribution >= 0.6 is 0 Å². The molecule has 2 fully saturated rings. The van der Waals surface area contributed by atoms with Crippen LogP contribution in [-0.4, -0.2) is 22.8 Å². The number of hydrogen-bond acceptors (Lipinski definition) is 2. The Morgan fingerprint density at radius 2 is 2.04 bits per heavy atom. The Hall–Kier alpha value is -0.830. The van der Waals surface area contributed by atoms with E-state index in [0.717, 1.165) is 51.4 Å². The molecule has 3 heteroatoms. The van der Waals surface area contributed by atoms with Gasteiger partial charge in [-0.1, -0.05) is 38.8 Å². The molecule has 2 aliphatic rings. The van der Waals surface area contributed by atoms with Gasteiger partial charge in [0, 0.05) is 6.61 Å². The van der Waals surface area contributed by atoms with Gasteiger partial charge in [0.15, 0.2) is 0 Å². The first-order chi connectivity index (χ1) is 10.8. The number of carboxylic acids is 1. The third-order valence-corrected chi connectivity index (χ3v) is 7.08. The van der Waals surface area contributed by atoms with Crippen molar-refractivity contribution in [3.63, 3.8) is 0 Å². The number of rotatable bonds is 6. The summed E-state index contributed by atoms with van der Waals surface area (Å²) < 4.78 is 0. The summed E-state index contributed by atoms with van der Waals surface area (Å²) in [5, 5.41) is 19.0. The molecule has 0 radical (unpaired) electrons. The Balaban J connectivity index is 2.21. The Morgan fingerprint density at radius 3 is 2.65 bits per heavy atom. The molecule has 2 rings (SSSR count). The summed E-state index contributed by atoms with van der Waals surface area (Å²) >= 11 is 0. The number of hydrogen-bond donors (Lipinski definition) is 2. The molecule has 0 heterocycles. The molecule has 132 valence electrons. The van der Waals surface area contributed by atoms with Gasteiger partial charge in [-0.2, -0.15) is 0 Å². The summed E-state index contributed by atoms with van der Waals surface area (Å²) in [6, 6.07) is 0. The first-order valence-electron chi connectivity index (χ1n) is 9.27. The number of aliphatic hydroxyl groups is 1. The lowest BCUT2D eigenvalue weighted by Crippen LogP contribution is -2.53. The molecule has 0 aromatic heterocycles. The molecule has 0 bridgehead atoms. The van der Waals surface area contributed by atoms with Gasteiger partial charge in [0.25, 0.3) is 0 Å². The lowest BCUT2D eigenvalue weighted by Gasteiger charge is -2.57. The van der Waals surface area contributed by atoms with E-state index < -0.39 is 11.4 Å². The van der Waals surface area contributed by atoms with Crippen LogP contribution in [0.25, 0.3) is 0 Å². The fourth-order valence-electron chi connectivity index (χ4n) is 5.55. The molecule has 23 heavy (non-hydrogen) atoms. The predicted molar refractivity (Wildman–Crippen MR) is 93.2 cm³/mol. The van der Waals surface area contributed by atoms with Gasteiger partial charge in [-0.05, 0) is 68.6 Å². The van der Waals surface area contributed by atoms with Crippen LogP contribution in [0.15, 0.2) is 12.2 Å². The minimum Gasteiger partial charge on any atom is -0.481 e. The molecule has 5 unspecified atom stereocenters. The second-order valence-electron chi connectivity index (χ2n) is 8.58. The van der Waals surface area contributed by atoms with Crippen molar-refractivity contribution in [1.82, 2.24) is 0 Å². The van der Waals surface area contributed by atoms with Crippen LogP contribution in [0, 0.1) is 28.6 Å². The van der Waals surface area contributed by atoms with Crippen LogP contribution in [0.3, 0.4) is 0 Å². The van der Waals surface area contributed by atoms with E-state index >= 15 is 0 Å². The summed E-state index contributed by atoms with van der Waals surface area (Å²) in [7, 11) is 0. The van der Waals surface area contributed by atoms with Crippen molar-refractivity contribution >= 4 is 5.97 Å². The summed E-state index contributed by atoms with van der Waals surface area (Å²) in [5.41, 5.74) is 0.817. The number of aliphatic carboxylic acids is 1. The number of allylic oxidation sites excluding steroid dienone is 1. The van der Waals surface area contributed by atoms with Crippen LogP contribution in [-0.2, 0) is 4.79 Å². The Bertz CT molecular complexity index is 458. The van der Waals surface area contributed by atoms with Gasteiger partial charge in [-0.3, -0.25) is 4.79 Å². The fourth-order valence-corrected chi connectivity index (χ4v) is 5.55. The average Bonchev–Trinajstić information content (AvgIpc) is 2.46. The van der Waals surface area contributed by atoms with Crippen molar-refractivity contribution < 1.29 is 15.0 Å². The van der Waals surface area contributed by atoms with Crippen molar-refractivity contribution in [1.29, 1.82) is 0 Å². The van der Waals surface area contributed by atoms with Crippen molar-refractivity contribution in [2.24, 2.45) is 28.6 Å². The van der Waals surface area contributed by atoms with E-state index in [9.17, 15) is 9.90 Å². The van der Waals surface area contributed by atoms with Crippen molar-refractivity contribution in [2.75, 3.05) is 6.61 Å². The molecule has 0 saturated heterocycles. The van der Waals surface area contributed by atoms with Gasteiger partial charge in [0.05, 0.1) is 5.41 Å². The molecular formula is C20H34O3. The molecular weight excluding hydrogens is 288 g/mol. The third kappa shape index (κ3) is 3.35. The number of carbonyl (C=O) groups is 1. The highest BCUT2D eigenvalue weighted by Gasteiger charge is 2.57. The second-order valence-corrected chi connectivity index (χ2v) is 8.58. The molecule has 2 N–H and O–H groups in total. The highest BCUT2D eigenvalue weighted by atomic mass is 16.4.